The van der Waals surface area contributed by atoms with Crippen LogP contribution in [0, 0.1) is 0 Å². The van der Waals surface area contributed by atoms with Crippen molar-refractivity contribution in [1.82, 2.24) is 15.1 Å². The molecule has 0 spiro atoms. The number of rotatable bonds is 4. The van der Waals surface area contributed by atoms with Gasteiger partial charge in [-0.25, -0.2) is 0 Å². The summed E-state index contributed by atoms with van der Waals surface area (Å²) in [6, 6.07) is 3.57. The van der Waals surface area contributed by atoms with E-state index in [4.69, 9.17) is 16.7 Å². The van der Waals surface area contributed by atoms with Crippen LogP contribution in [-0.4, -0.2) is 58.9 Å². The number of carboxylic acid groups (broad SMARTS) is 1. The van der Waals surface area contributed by atoms with Gasteiger partial charge in [-0.1, -0.05) is 11.6 Å². The van der Waals surface area contributed by atoms with Crippen LogP contribution in [0.15, 0.2) is 12.1 Å². The second-order valence-corrected chi connectivity index (χ2v) is 4.57. The molecule has 1 N–H and O–H groups in total. The molecule has 0 unspecified atom stereocenters. The van der Waals surface area contributed by atoms with Crippen LogP contribution in [0.4, 0.5) is 5.82 Å². The average Bonchev–Trinajstić information content (AvgIpc) is 2.38. The Morgan fingerprint density at radius 2 is 2.00 bits per heavy atom. The third-order valence-corrected chi connectivity index (χ3v) is 3.16. The van der Waals surface area contributed by atoms with Crippen LogP contribution < -0.4 is 4.90 Å². The van der Waals surface area contributed by atoms with Crippen molar-refractivity contribution >= 4 is 23.4 Å². The lowest BCUT2D eigenvalue weighted by Gasteiger charge is -2.34. The minimum absolute atomic E-state index is 0.195. The Morgan fingerprint density at radius 1 is 1.28 bits per heavy atom. The third kappa shape index (κ3) is 3.54. The normalized spacial score (nSPS) is 16.8. The van der Waals surface area contributed by atoms with Gasteiger partial charge in [-0.05, 0) is 12.1 Å². The van der Waals surface area contributed by atoms with Crippen molar-refractivity contribution < 1.29 is 9.90 Å². The molecule has 2 rings (SSSR count). The maximum absolute atomic E-state index is 10.5. The smallest absolute Gasteiger partial charge is 0.304 e. The molecule has 0 bridgehead atoms. The zero-order valence-corrected chi connectivity index (χ0v) is 10.7. The van der Waals surface area contributed by atoms with E-state index in [9.17, 15) is 4.79 Å². The Labute approximate surface area is 110 Å². The number of hydrogen-bond donors (Lipinski definition) is 1. The third-order valence-electron chi connectivity index (χ3n) is 2.96. The van der Waals surface area contributed by atoms with Gasteiger partial charge in [0.2, 0.25) is 0 Å². The first-order valence-corrected chi connectivity index (χ1v) is 6.21. The molecule has 2 heterocycles. The summed E-state index contributed by atoms with van der Waals surface area (Å²) < 4.78 is 0. The van der Waals surface area contributed by atoms with Crippen LogP contribution in [0.3, 0.4) is 0 Å². The first-order chi connectivity index (χ1) is 8.65. The van der Waals surface area contributed by atoms with Gasteiger partial charge < -0.3 is 10.0 Å². The fraction of sp³-hybridized carbons (Fsp3) is 0.545. The predicted molar refractivity (Wildman–Crippen MR) is 67.9 cm³/mol. The number of aromatic nitrogens is 2. The van der Waals surface area contributed by atoms with Gasteiger partial charge in [0.05, 0.1) is 6.42 Å². The zero-order chi connectivity index (χ0) is 13.0. The van der Waals surface area contributed by atoms with Crippen molar-refractivity contribution in [3.63, 3.8) is 0 Å². The molecule has 0 aliphatic carbocycles. The number of nitrogens with zero attached hydrogens (tertiary/aromatic N) is 4. The van der Waals surface area contributed by atoms with Gasteiger partial charge in [0.15, 0.2) is 11.0 Å². The lowest BCUT2D eigenvalue weighted by molar-refractivity contribution is -0.137. The quantitative estimate of drug-likeness (QED) is 0.870. The van der Waals surface area contributed by atoms with Crippen LogP contribution in [0.5, 0.6) is 0 Å². The fourth-order valence-electron chi connectivity index (χ4n) is 1.93. The number of piperazine rings is 1. The van der Waals surface area contributed by atoms with E-state index in [0.29, 0.717) is 11.7 Å². The van der Waals surface area contributed by atoms with Crippen LogP contribution in [0.1, 0.15) is 6.42 Å². The molecule has 1 saturated heterocycles. The molecular weight excluding hydrogens is 256 g/mol. The van der Waals surface area contributed by atoms with E-state index in [-0.39, 0.29) is 6.42 Å². The summed E-state index contributed by atoms with van der Waals surface area (Å²) in [7, 11) is 0. The Bertz CT molecular complexity index is 404. The van der Waals surface area contributed by atoms with E-state index in [1.54, 1.807) is 6.07 Å². The van der Waals surface area contributed by atoms with Crippen molar-refractivity contribution in [3.8, 4) is 0 Å². The van der Waals surface area contributed by atoms with E-state index in [1.807, 2.05) is 6.07 Å². The predicted octanol–water partition coefficient (Wildman–Crippen LogP) is 0.727. The number of hydrogen-bond acceptors (Lipinski definition) is 5. The highest BCUT2D eigenvalue weighted by Crippen LogP contribution is 2.14. The van der Waals surface area contributed by atoms with Crippen molar-refractivity contribution in [2.75, 3.05) is 37.6 Å². The molecule has 1 aromatic heterocycles. The van der Waals surface area contributed by atoms with Crippen LogP contribution in [-0.2, 0) is 4.79 Å². The molecule has 0 radical (unpaired) electrons. The maximum Gasteiger partial charge on any atom is 0.304 e. The van der Waals surface area contributed by atoms with Gasteiger partial charge in [0.1, 0.15) is 0 Å². The van der Waals surface area contributed by atoms with Gasteiger partial charge in [-0.2, -0.15) is 0 Å². The molecular formula is C11H15ClN4O2. The van der Waals surface area contributed by atoms with Gasteiger partial charge in [0.25, 0.3) is 0 Å². The minimum Gasteiger partial charge on any atom is -0.481 e. The number of carboxylic acids is 1. The molecule has 0 aromatic carbocycles. The molecule has 6 nitrogen and oxygen atoms in total. The molecule has 18 heavy (non-hydrogen) atoms. The molecule has 0 amide bonds. The van der Waals surface area contributed by atoms with Crippen molar-refractivity contribution in [2.45, 2.75) is 6.42 Å². The monoisotopic (exact) mass is 270 g/mol. The van der Waals surface area contributed by atoms with E-state index in [1.165, 1.54) is 0 Å². The molecule has 98 valence electrons. The summed E-state index contributed by atoms with van der Waals surface area (Å²) in [6.07, 6.45) is 0.195. The standard InChI is InChI=1S/C11H15ClN4O2/c12-9-1-2-10(14-13-9)16-7-5-15(6-8-16)4-3-11(17)18/h1-2H,3-8H2,(H,17,18). The van der Waals surface area contributed by atoms with E-state index in [0.717, 1.165) is 32.0 Å². The highest BCUT2D eigenvalue weighted by atomic mass is 35.5. The Morgan fingerprint density at radius 3 is 2.56 bits per heavy atom. The fourth-order valence-corrected chi connectivity index (χ4v) is 2.03. The Kier molecular flexibility index (Phi) is 4.33. The summed E-state index contributed by atoms with van der Waals surface area (Å²) in [5.41, 5.74) is 0. The molecule has 1 aromatic rings. The largest absolute Gasteiger partial charge is 0.481 e. The SMILES string of the molecule is O=C(O)CCN1CCN(c2ccc(Cl)nn2)CC1. The first-order valence-electron chi connectivity index (χ1n) is 5.83. The lowest BCUT2D eigenvalue weighted by atomic mass is 10.3. The molecule has 1 fully saturated rings. The summed E-state index contributed by atoms with van der Waals surface area (Å²) in [5, 5.41) is 16.9. The van der Waals surface area contributed by atoms with E-state index >= 15 is 0 Å². The van der Waals surface area contributed by atoms with Gasteiger partial charge in [0, 0.05) is 32.7 Å². The molecule has 0 atom stereocenters. The number of anilines is 1. The molecule has 7 heteroatoms. The summed E-state index contributed by atoms with van der Waals surface area (Å²) in [4.78, 5) is 14.8. The Hall–Kier alpha value is -1.40. The number of halogens is 1. The van der Waals surface area contributed by atoms with Crippen LogP contribution >= 0.6 is 11.6 Å². The molecule has 0 saturated carbocycles. The lowest BCUT2D eigenvalue weighted by Crippen LogP contribution is -2.47. The number of carbonyl (C=O) groups is 1. The second kappa shape index (κ2) is 5.97. The van der Waals surface area contributed by atoms with Crippen LogP contribution in [0.25, 0.3) is 0 Å². The average molecular weight is 271 g/mol. The zero-order valence-electron chi connectivity index (χ0n) is 9.92. The van der Waals surface area contributed by atoms with Gasteiger partial charge in [-0.3, -0.25) is 9.69 Å². The van der Waals surface area contributed by atoms with Crippen LogP contribution in [0.2, 0.25) is 5.15 Å². The summed E-state index contributed by atoms with van der Waals surface area (Å²) in [5.74, 6) is 0.0679. The first kappa shape index (κ1) is 13.0. The maximum atomic E-state index is 10.5. The van der Waals surface area contributed by atoms with E-state index < -0.39 is 5.97 Å². The highest BCUT2D eigenvalue weighted by Gasteiger charge is 2.18. The Balaban J connectivity index is 1.83. The van der Waals surface area contributed by atoms with E-state index in [2.05, 4.69) is 20.0 Å². The topological polar surface area (TPSA) is 69.6 Å². The van der Waals surface area contributed by atoms with Gasteiger partial charge in [-0.15, -0.1) is 10.2 Å². The summed E-state index contributed by atoms with van der Waals surface area (Å²) in [6.45, 7) is 3.95. The number of aliphatic carboxylic acids is 1. The summed E-state index contributed by atoms with van der Waals surface area (Å²) >= 11 is 5.69. The van der Waals surface area contributed by atoms with Gasteiger partial charge >= 0.3 is 5.97 Å². The molecule has 1 aliphatic heterocycles. The van der Waals surface area contributed by atoms with Crippen molar-refractivity contribution in [2.24, 2.45) is 0 Å². The second-order valence-electron chi connectivity index (χ2n) is 4.19. The van der Waals surface area contributed by atoms with Crippen molar-refractivity contribution in [1.29, 1.82) is 0 Å². The highest BCUT2D eigenvalue weighted by molar-refractivity contribution is 6.29. The van der Waals surface area contributed by atoms with Crippen molar-refractivity contribution in [3.05, 3.63) is 17.3 Å². The minimum atomic E-state index is -0.749. The molecule has 1 aliphatic rings.